The zero-order chi connectivity index (χ0) is 17.6. The van der Waals surface area contributed by atoms with Crippen molar-refractivity contribution in [1.29, 1.82) is 0 Å². The van der Waals surface area contributed by atoms with E-state index in [1.165, 1.54) is 0 Å². The Bertz CT molecular complexity index is 487. The van der Waals surface area contributed by atoms with Crippen molar-refractivity contribution in [3.8, 4) is 0 Å². The van der Waals surface area contributed by atoms with Crippen LogP contribution < -0.4 is 16.0 Å². The third-order valence-corrected chi connectivity index (χ3v) is 3.02. The van der Waals surface area contributed by atoms with Crippen LogP contribution in [0.25, 0.3) is 0 Å². The van der Waals surface area contributed by atoms with Crippen molar-refractivity contribution in [1.82, 2.24) is 25.8 Å². The van der Waals surface area contributed by atoms with E-state index in [0.717, 1.165) is 4.90 Å². The number of aliphatic imine (C=N–C) groups is 1. The number of nitrogens with zero attached hydrogens (tertiary/aromatic N) is 3. The van der Waals surface area contributed by atoms with Gasteiger partial charge in [0, 0.05) is 32.7 Å². The molecule has 0 atom stereocenters. The molecule has 0 bridgehead atoms. The highest BCUT2D eigenvalue weighted by Gasteiger charge is 2.27. The van der Waals surface area contributed by atoms with Crippen molar-refractivity contribution < 1.29 is 14.4 Å². The van der Waals surface area contributed by atoms with Gasteiger partial charge in [-0.05, 0) is 20.8 Å². The summed E-state index contributed by atoms with van der Waals surface area (Å²) in [5.41, 5.74) is -0.293. The molecular formula is C14H27IN6O3. The highest BCUT2D eigenvalue weighted by molar-refractivity contribution is 14.0. The molecule has 0 spiro atoms. The Morgan fingerprint density at radius 1 is 1.38 bits per heavy atom. The Kier molecular flexibility index (Phi) is 9.01. The Balaban J connectivity index is 0.00000529. The summed E-state index contributed by atoms with van der Waals surface area (Å²) in [6.45, 7) is 6.53. The maximum atomic E-state index is 11.9. The van der Waals surface area contributed by atoms with Gasteiger partial charge in [-0.15, -0.1) is 24.0 Å². The monoisotopic (exact) mass is 454 g/mol. The van der Waals surface area contributed by atoms with Crippen LogP contribution in [-0.4, -0.2) is 79.4 Å². The van der Waals surface area contributed by atoms with Crippen molar-refractivity contribution in [3.05, 3.63) is 0 Å². The number of hydrogen-bond acceptors (Lipinski definition) is 4. The number of halogens is 1. The number of hydrogen-bond donors (Lipinski definition) is 3. The molecule has 0 saturated carbocycles. The van der Waals surface area contributed by atoms with E-state index in [9.17, 15) is 14.4 Å². The molecule has 1 saturated heterocycles. The first kappa shape index (κ1) is 22.4. The van der Waals surface area contributed by atoms with Gasteiger partial charge < -0.3 is 20.9 Å². The molecule has 0 aromatic rings. The first-order chi connectivity index (χ1) is 10.6. The van der Waals surface area contributed by atoms with E-state index in [-0.39, 0.29) is 67.0 Å². The molecule has 24 heavy (non-hydrogen) atoms. The van der Waals surface area contributed by atoms with Crippen molar-refractivity contribution in [2.24, 2.45) is 4.99 Å². The number of rotatable bonds is 5. The fourth-order valence-electron chi connectivity index (χ4n) is 2.09. The van der Waals surface area contributed by atoms with Gasteiger partial charge in [-0.25, -0.2) is 4.79 Å². The molecule has 1 fully saturated rings. The smallest absolute Gasteiger partial charge is 0.324 e. The van der Waals surface area contributed by atoms with Crippen molar-refractivity contribution in [2.45, 2.75) is 26.3 Å². The first-order valence-corrected chi connectivity index (χ1v) is 7.45. The number of amides is 4. The van der Waals surface area contributed by atoms with Gasteiger partial charge in [-0.3, -0.25) is 19.5 Å². The van der Waals surface area contributed by atoms with Gasteiger partial charge in [0.05, 0.1) is 13.1 Å². The normalized spacial score (nSPS) is 14.9. The fourth-order valence-corrected chi connectivity index (χ4v) is 2.09. The Morgan fingerprint density at radius 3 is 2.46 bits per heavy atom. The van der Waals surface area contributed by atoms with Crippen molar-refractivity contribution >= 4 is 47.8 Å². The maximum Gasteiger partial charge on any atom is 0.324 e. The van der Waals surface area contributed by atoms with Gasteiger partial charge in [-0.1, -0.05) is 0 Å². The summed E-state index contributed by atoms with van der Waals surface area (Å²) in [5, 5.41) is 8.36. The molecule has 0 radical (unpaired) electrons. The quantitative estimate of drug-likeness (QED) is 0.227. The average molecular weight is 454 g/mol. The summed E-state index contributed by atoms with van der Waals surface area (Å²) in [6.07, 6.45) is 0. The Hall–Kier alpha value is -1.59. The summed E-state index contributed by atoms with van der Waals surface area (Å²) < 4.78 is 0. The van der Waals surface area contributed by atoms with E-state index >= 15 is 0 Å². The van der Waals surface area contributed by atoms with E-state index in [4.69, 9.17) is 0 Å². The van der Waals surface area contributed by atoms with Crippen molar-refractivity contribution in [2.75, 3.05) is 40.3 Å². The van der Waals surface area contributed by atoms with E-state index in [2.05, 4.69) is 20.9 Å². The van der Waals surface area contributed by atoms with Gasteiger partial charge in [0.2, 0.25) is 11.8 Å². The van der Waals surface area contributed by atoms with Gasteiger partial charge >= 0.3 is 6.03 Å². The van der Waals surface area contributed by atoms with Crippen LogP contribution in [0.1, 0.15) is 20.8 Å². The zero-order valence-corrected chi connectivity index (χ0v) is 17.1. The van der Waals surface area contributed by atoms with E-state index < -0.39 is 0 Å². The highest BCUT2D eigenvalue weighted by atomic mass is 127. The second kappa shape index (κ2) is 9.64. The summed E-state index contributed by atoms with van der Waals surface area (Å²) in [5.74, 6) is 0.155. The number of likely N-dealkylation sites (N-methyl/N-ethyl adjacent to an activating group) is 1. The van der Waals surface area contributed by atoms with E-state index in [1.54, 1.807) is 19.0 Å². The Labute approximate surface area is 159 Å². The van der Waals surface area contributed by atoms with Crippen LogP contribution in [0.4, 0.5) is 4.79 Å². The molecule has 4 amide bonds. The summed E-state index contributed by atoms with van der Waals surface area (Å²) in [6, 6.07) is -0.385. The first-order valence-electron chi connectivity index (χ1n) is 7.45. The summed E-state index contributed by atoms with van der Waals surface area (Å²) in [7, 11) is 3.35. The molecule has 0 aromatic heterocycles. The van der Waals surface area contributed by atoms with Crippen LogP contribution >= 0.6 is 24.0 Å². The molecule has 1 aliphatic rings. The van der Waals surface area contributed by atoms with Crippen LogP contribution in [0.15, 0.2) is 4.99 Å². The van der Waals surface area contributed by atoms with E-state index in [0.29, 0.717) is 12.5 Å². The number of imide groups is 1. The number of carbonyl (C=O) groups excluding carboxylic acids is 3. The molecule has 9 nitrogen and oxygen atoms in total. The predicted molar refractivity (Wildman–Crippen MR) is 102 cm³/mol. The van der Waals surface area contributed by atoms with E-state index in [1.807, 2.05) is 20.8 Å². The molecule has 10 heteroatoms. The van der Waals surface area contributed by atoms with Crippen LogP contribution in [0.5, 0.6) is 0 Å². The second-order valence-electron chi connectivity index (χ2n) is 6.33. The lowest BCUT2D eigenvalue weighted by Gasteiger charge is -2.25. The molecule has 0 aromatic carbocycles. The van der Waals surface area contributed by atoms with Gasteiger partial charge in [-0.2, -0.15) is 0 Å². The molecule has 1 heterocycles. The number of urea groups is 1. The fraction of sp³-hybridized carbons (Fsp3) is 0.714. The summed E-state index contributed by atoms with van der Waals surface area (Å²) >= 11 is 0. The third kappa shape index (κ3) is 7.32. The molecular weight excluding hydrogens is 427 g/mol. The minimum atomic E-state index is -0.385. The van der Waals surface area contributed by atoms with Gasteiger partial charge in [0.1, 0.15) is 0 Å². The van der Waals surface area contributed by atoms with Crippen molar-refractivity contribution in [3.63, 3.8) is 0 Å². The molecule has 0 aliphatic carbocycles. The minimum Gasteiger partial charge on any atom is -0.354 e. The minimum absolute atomic E-state index is 0. The number of guanidine groups is 1. The molecule has 1 rings (SSSR count). The molecule has 0 unspecified atom stereocenters. The maximum absolute atomic E-state index is 11.9. The SMILES string of the molecule is CN=C(NCCN1C(=O)CNC1=O)N(C)CC(=O)NC(C)(C)C.I. The molecule has 3 N–H and O–H groups in total. The third-order valence-electron chi connectivity index (χ3n) is 3.02. The zero-order valence-electron chi connectivity index (χ0n) is 14.8. The Morgan fingerprint density at radius 2 is 2.00 bits per heavy atom. The number of nitrogens with one attached hydrogen (secondary N) is 3. The molecule has 1 aliphatic heterocycles. The lowest BCUT2D eigenvalue weighted by molar-refractivity contribution is -0.125. The van der Waals surface area contributed by atoms with Gasteiger partial charge in [0.15, 0.2) is 5.96 Å². The number of carbonyl (C=O) groups is 3. The highest BCUT2D eigenvalue weighted by Crippen LogP contribution is 1.99. The van der Waals surface area contributed by atoms with Gasteiger partial charge in [0.25, 0.3) is 0 Å². The van der Waals surface area contributed by atoms with Crippen LogP contribution in [0, 0.1) is 0 Å². The van der Waals surface area contributed by atoms with Crippen LogP contribution in [0.2, 0.25) is 0 Å². The second-order valence-corrected chi connectivity index (χ2v) is 6.33. The average Bonchev–Trinajstić information content (AvgIpc) is 2.72. The van der Waals surface area contributed by atoms with Crippen LogP contribution in [-0.2, 0) is 9.59 Å². The predicted octanol–water partition coefficient (Wildman–Crippen LogP) is -0.422. The largest absolute Gasteiger partial charge is 0.354 e. The summed E-state index contributed by atoms with van der Waals surface area (Å²) in [4.78, 5) is 41.7. The standard InChI is InChI=1S/C14H26N6O3.HI/c1-14(2,3)18-10(21)9-19(5)12(15-4)16-6-7-20-11(22)8-17-13(20)23;/h6-9H2,1-5H3,(H,15,16)(H,17,23)(H,18,21);1H. The lowest BCUT2D eigenvalue weighted by atomic mass is 10.1. The topological polar surface area (TPSA) is 106 Å². The molecule has 138 valence electrons. The van der Waals surface area contributed by atoms with Crippen LogP contribution in [0.3, 0.4) is 0 Å². The lowest BCUT2D eigenvalue weighted by Crippen LogP contribution is -2.49.